The highest BCUT2D eigenvalue weighted by Crippen LogP contribution is 2.27. The monoisotopic (exact) mass is 266 g/mol. The van der Waals surface area contributed by atoms with Gasteiger partial charge in [0.05, 0.1) is 5.41 Å². The first-order valence-corrected chi connectivity index (χ1v) is 7.50. The smallest absolute Gasteiger partial charge is 0.231 e. The van der Waals surface area contributed by atoms with E-state index >= 15 is 0 Å². The average Bonchev–Trinajstić information content (AvgIpc) is 2.41. The maximum atomic E-state index is 12.3. The van der Waals surface area contributed by atoms with Crippen molar-refractivity contribution < 1.29 is 4.79 Å². The van der Waals surface area contributed by atoms with Crippen LogP contribution in [0.5, 0.6) is 0 Å². The Morgan fingerprint density at radius 1 is 1.39 bits per heavy atom. The molecule has 3 nitrogen and oxygen atoms in total. The van der Waals surface area contributed by atoms with E-state index in [-0.39, 0.29) is 5.91 Å². The zero-order valence-corrected chi connectivity index (χ0v) is 12.1. The maximum Gasteiger partial charge on any atom is 0.231 e. The third kappa shape index (κ3) is 3.27. The summed E-state index contributed by atoms with van der Waals surface area (Å²) < 4.78 is 0. The van der Waals surface area contributed by atoms with Crippen LogP contribution in [-0.4, -0.2) is 18.7 Å². The number of hydrogen-bond acceptors (Lipinski definition) is 3. The van der Waals surface area contributed by atoms with Crippen molar-refractivity contribution in [3.8, 4) is 0 Å². The molecule has 1 aromatic rings. The Bertz CT molecular complexity index is 394. The van der Waals surface area contributed by atoms with E-state index in [2.05, 4.69) is 5.32 Å². The molecule has 1 rings (SSSR count). The highest BCUT2D eigenvalue weighted by molar-refractivity contribution is 7.98. The van der Waals surface area contributed by atoms with Crippen molar-refractivity contribution >= 4 is 23.4 Å². The minimum absolute atomic E-state index is 0.0215. The molecule has 1 amide bonds. The van der Waals surface area contributed by atoms with Gasteiger partial charge in [0, 0.05) is 17.1 Å². The minimum Gasteiger partial charge on any atom is -0.329 e. The summed E-state index contributed by atoms with van der Waals surface area (Å²) in [4.78, 5) is 13.5. The van der Waals surface area contributed by atoms with Gasteiger partial charge in [-0.2, -0.15) is 0 Å². The van der Waals surface area contributed by atoms with Crippen molar-refractivity contribution in [3.63, 3.8) is 0 Å². The molecule has 0 aliphatic rings. The van der Waals surface area contributed by atoms with Gasteiger partial charge in [-0.1, -0.05) is 19.9 Å². The number of nitrogens with one attached hydrogen (secondary N) is 1. The van der Waals surface area contributed by atoms with Gasteiger partial charge in [-0.05, 0) is 37.3 Å². The fourth-order valence-corrected chi connectivity index (χ4v) is 2.38. The molecule has 0 atom stereocenters. The molecular weight excluding hydrogens is 244 g/mol. The van der Waals surface area contributed by atoms with Crippen LogP contribution >= 0.6 is 11.8 Å². The lowest BCUT2D eigenvalue weighted by Crippen LogP contribution is -2.41. The number of nitrogens with two attached hydrogens (primary N) is 1. The van der Waals surface area contributed by atoms with E-state index in [1.165, 1.54) is 0 Å². The molecule has 0 unspecified atom stereocenters. The van der Waals surface area contributed by atoms with Crippen molar-refractivity contribution in [2.24, 2.45) is 11.1 Å². The second-order valence-corrected chi connectivity index (χ2v) is 5.26. The summed E-state index contributed by atoms with van der Waals surface area (Å²) in [7, 11) is 0. The average molecular weight is 266 g/mol. The van der Waals surface area contributed by atoms with E-state index in [1.807, 2.05) is 44.4 Å². The van der Waals surface area contributed by atoms with Gasteiger partial charge in [0.2, 0.25) is 5.91 Å². The van der Waals surface area contributed by atoms with Gasteiger partial charge in [-0.25, -0.2) is 0 Å². The summed E-state index contributed by atoms with van der Waals surface area (Å²) in [6.45, 7) is 4.40. The summed E-state index contributed by atoms with van der Waals surface area (Å²) in [6, 6.07) is 7.86. The molecule has 4 heteroatoms. The molecule has 0 saturated carbocycles. The van der Waals surface area contributed by atoms with Crippen LogP contribution in [-0.2, 0) is 4.79 Å². The number of anilines is 1. The lowest BCUT2D eigenvalue weighted by molar-refractivity contribution is -0.125. The quantitative estimate of drug-likeness (QED) is 0.778. The second kappa shape index (κ2) is 6.81. The molecule has 0 aliphatic carbocycles. The van der Waals surface area contributed by atoms with Crippen molar-refractivity contribution in [2.75, 3.05) is 18.1 Å². The number of benzene rings is 1. The Kier molecular flexibility index (Phi) is 5.69. The molecule has 0 fully saturated rings. The van der Waals surface area contributed by atoms with Crippen molar-refractivity contribution in [1.82, 2.24) is 0 Å². The lowest BCUT2D eigenvalue weighted by Gasteiger charge is -2.28. The Balaban J connectivity index is 2.85. The van der Waals surface area contributed by atoms with Gasteiger partial charge in [0.15, 0.2) is 0 Å². The van der Waals surface area contributed by atoms with Gasteiger partial charge in [-0.15, -0.1) is 11.8 Å². The molecule has 0 aliphatic heterocycles. The first kappa shape index (κ1) is 15.1. The van der Waals surface area contributed by atoms with Gasteiger partial charge in [-0.3, -0.25) is 4.79 Å². The summed E-state index contributed by atoms with van der Waals surface area (Å²) in [5.41, 5.74) is 6.16. The molecule has 0 spiro atoms. The maximum absolute atomic E-state index is 12.3. The zero-order valence-electron chi connectivity index (χ0n) is 11.3. The molecule has 0 heterocycles. The van der Waals surface area contributed by atoms with Crippen LogP contribution in [0.1, 0.15) is 26.7 Å². The predicted molar refractivity (Wildman–Crippen MR) is 78.9 cm³/mol. The van der Waals surface area contributed by atoms with Crippen LogP contribution in [0.25, 0.3) is 0 Å². The van der Waals surface area contributed by atoms with Gasteiger partial charge in [0.1, 0.15) is 0 Å². The van der Waals surface area contributed by atoms with E-state index in [0.29, 0.717) is 6.54 Å². The summed E-state index contributed by atoms with van der Waals surface area (Å²) in [5, 5.41) is 2.98. The van der Waals surface area contributed by atoms with Crippen LogP contribution in [0.2, 0.25) is 0 Å². The van der Waals surface area contributed by atoms with Crippen LogP contribution in [0.15, 0.2) is 29.2 Å². The third-order valence-electron chi connectivity index (χ3n) is 3.55. The van der Waals surface area contributed by atoms with Crippen molar-refractivity contribution in [3.05, 3.63) is 24.3 Å². The number of amides is 1. The molecule has 0 saturated heterocycles. The first-order valence-electron chi connectivity index (χ1n) is 6.27. The molecule has 0 bridgehead atoms. The van der Waals surface area contributed by atoms with Crippen LogP contribution < -0.4 is 11.1 Å². The second-order valence-electron chi connectivity index (χ2n) is 4.38. The number of carbonyl (C=O) groups excluding carboxylic acids is 1. The van der Waals surface area contributed by atoms with Gasteiger partial charge >= 0.3 is 0 Å². The van der Waals surface area contributed by atoms with Crippen LogP contribution in [0.4, 0.5) is 5.69 Å². The number of thioether (sulfide) groups is 1. The van der Waals surface area contributed by atoms with Crippen LogP contribution in [0, 0.1) is 5.41 Å². The first-order chi connectivity index (χ1) is 8.61. The zero-order chi connectivity index (χ0) is 13.6. The fourth-order valence-electron chi connectivity index (χ4n) is 1.92. The molecule has 100 valence electrons. The van der Waals surface area contributed by atoms with Crippen molar-refractivity contribution in [2.45, 2.75) is 31.6 Å². The normalized spacial score (nSPS) is 11.3. The summed E-state index contributed by atoms with van der Waals surface area (Å²) in [6.07, 6.45) is 3.53. The molecule has 0 radical (unpaired) electrons. The van der Waals surface area contributed by atoms with E-state index in [0.717, 1.165) is 23.4 Å². The molecule has 3 N–H and O–H groups in total. The topological polar surface area (TPSA) is 55.1 Å². The van der Waals surface area contributed by atoms with Crippen LogP contribution in [0.3, 0.4) is 0 Å². The molecular formula is C14H22N2OS. The largest absolute Gasteiger partial charge is 0.329 e. The molecule has 1 aromatic carbocycles. The molecule has 0 aromatic heterocycles. The Labute approximate surface area is 114 Å². The Morgan fingerprint density at radius 3 is 2.56 bits per heavy atom. The summed E-state index contributed by atoms with van der Waals surface area (Å²) in [5.74, 6) is 0.0215. The van der Waals surface area contributed by atoms with E-state index in [1.54, 1.807) is 11.8 Å². The number of hydrogen-bond donors (Lipinski definition) is 2. The third-order valence-corrected chi connectivity index (χ3v) is 4.28. The van der Waals surface area contributed by atoms with Gasteiger partial charge in [0.25, 0.3) is 0 Å². The highest BCUT2D eigenvalue weighted by atomic mass is 32.2. The summed E-state index contributed by atoms with van der Waals surface area (Å²) >= 11 is 1.66. The Morgan fingerprint density at radius 2 is 2.06 bits per heavy atom. The van der Waals surface area contributed by atoms with E-state index < -0.39 is 5.41 Å². The highest BCUT2D eigenvalue weighted by Gasteiger charge is 2.33. The van der Waals surface area contributed by atoms with Crippen molar-refractivity contribution in [1.29, 1.82) is 0 Å². The fraction of sp³-hybridized carbons (Fsp3) is 0.500. The molecule has 18 heavy (non-hydrogen) atoms. The van der Waals surface area contributed by atoms with Gasteiger partial charge < -0.3 is 11.1 Å². The number of carbonyl (C=O) groups is 1. The lowest BCUT2D eigenvalue weighted by atomic mass is 9.81. The SMILES string of the molecule is CCC(CC)(CN)C(=O)Nc1cccc(SC)c1. The van der Waals surface area contributed by atoms with E-state index in [9.17, 15) is 4.79 Å². The number of rotatable bonds is 6. The van der Waals surface area contributed by atoms with E-state index in [4.69, 9.17) is 5.73 Å². The minimum atomic E-state index is -0.449. The Hall–Kier alpha value is -1.00. The predicted octanol–water partition coefficient (Wildman–Crippen LogP) is 3.11. The standard InChI is InChI=1S/C14H22N2OS/c1-4-14(5-2,10-15)13(17)16-11-7-6-8-12(9-11)18-3/h6-9H,4-5,10,15H2,1-3H3,(H,16,17).